The minimum atomic E-state index is -0.267. The Morgan fingerprint density at radius 3 is 2.88 bits per heavy atom. The summed E-state index contributed by atoms with van der Waals surface area (Å²) in [5.41, 5.74) is 1.36. The molecule has 4 rings (SSSR count). The molecule has 0 aliphatic carbocycles. The van der Waals surface area contributed by atoms with Crippen LogP contribution in [0, 0.1) is 0 Å². The third kappa shape index (κ3) is 2.25. The summed E-state index contributed by atoms with van der Waals surface area (Å²) in [6, 6.07) is 5.36. The van der Waals surface area contributed by atoms with Crippen LogP contribution in [0.1, 0.15) is 0 Å². The zero-order chi connectivity index (χ0) is 16.8. The minimum absolute atomic E-state index is 0.267. The van der Waals surface area contributed by atoms with E-state index in [1.54, 1.807) is 29.0 Å². The van der Waals surface area contributed by atoms with Crippen LogP contribution in [0.2, 0.25) is 5.02 Å². The van der Waals surface area contributed by atoms with Crippen molar-refractivity contribution >= 4 is 55.8 Å². The number of para-hydroxylation sites is 1. The Balaban J connectivity index is 2.23. The highest BCUT2D eigenvalue weighted by atomic mass is 79.9. The molecule has 1 aromatic carbocycles. The van der Waals surface area contributed by atoms with E-state index in [2.05, 4.69) is 30.9 Å². The Kier molecular flexibility index (Phi) is 3.82. The van der Waals surface area contributed by atoms with Gasteiger partial charge in [0, 0.05) is 23.1 Å². The molecule has 0 spiro atoms. The number of benzene rings is 1. The number of imidazole rings is 1. The predicted octanol–water partition coefficient (Wildman–Crippen LogP) is 3.57. The number of hydrogen-bond donors (Lipinski definition) is 0. The summed E-state index contributed by atoms with van der Waals surface area (Å²) >= 11 is 11.2. The maximum absolute atomic E-state index is 13.1. The van der Waals surface area contributed by atoms with Gasteiger partial charge < -0.3 is 0 Å². The van der Waals surface area contributed by atoms with Gasteiger partial charge in [-0.3, -0.25) is 4.79 Å². The molecular formula is C15H9BrClN5OS. The van der Waals surface area contributed by atoms with Gasteiger partial charge in [-0.15, -0.1) is 0 Å². The minimum Gasteiger partial charge on any atom is -0.267 e. The largest absolute Gasteiger partial charge is 0.281 e. The molecule has 0 atom stereocenters. The lowest BCUT2D eigenvalue weighted by molar-refractivity contribution is 0.752. The second-order valence-corrected chi connectivity index (χ2v) is 6.94. The van der Waals surface area contributed by atoms with Gasteiger partial charge in [-0.2, -0.15) is 0 Å². The highest BCUT2D eigenvalue weighted by Crippen LogP contribution is 2.28. The molecule has 0 aliphatic heterocycles. The van der Waals surface area contributed by atoms with E-state index in [1.807, 2.05) is 12.3 Å². The van der Waals surface area contributed by atoms with Gasteiger partial charge in [0.1, 0.15) is 5.52 Å². The van der Waals surface area contributed by atoms with Crippen LogP contribution in [-0.2, 0) is 0 Å². The van der Waals surface area contributed by atoms with Crippen LogP contribution >= 0.6 is 39.3 Å². The van der Waals surface area contributed by atoms with Crippen LogP contribution < -0.4 is 5.56 Å². The Bertz CT molecular complexity index is 1140. The molecule has 0 saturated carbocycles. The first-order valence-electron chi connectivity index (χ1n) is 6.85. The van der Waals surface area contributed by atoms with Crippen LogP contribution in [0.25, 0.3) is 22.2 Å². The summed E-state index contributed by atoms with van der Waals surface area (Å²) in [5, 5.41) is 1.42. The van der Waals surface area contributed by atoms with Crippen LogP contribution in [-0.4, -0.2) is 30.4 Å². The van der Waals surface area contributed by atoms with Gasteiger partial charge >= 0.3 is 0 Å². The van der Waals surface area contributed by atoms with Gasteiger partial charge in [0.2, 0.25) is 0 Å². The first-order valence-corrected chi connectivity index (χ1v) is 9.25. The fourth-order valence-corrected chi connectivity index (χ4v) is 3.77. The van der Waals surface area contributed by atoms with E-state index in [0.29, 0.717) is 36.9 Å². The van der Waals surface area contributed by atoms with Gasteiger partial charge in [0.05, 0.1) is 16.1 Å². The van der Waals surface area contributed by atoms with Crippen molar-refractivity contribution in [2.45, 2.75) is 5.16 Å². The fourth-order valence-electron chi connectivity index (χ4n) is 2.53. The summed E-state index contributed by atoms with van der Waals surface area (Å²) in [4.78, 5) is 26.1. The lowest BCUT2D eigenvalue weighted by atomic mass is 10.3. The van der Waals surface area contributed by atoms with Crippen molar-refractivity contribution in [2.75, 3.05) is 6.26 Å². The van der Waals surface area contributed by atoms with E-state index >= 15 is 0 Å². The summed E-state index contributed by atoms with van der Waals surface area (Å²) in [6.07, 6.45) is 6.74. The molecule has 9 heteroatoms. The van der Waals surface area contributed by atoms with Crippen LogP contribution in [0.3, 0.4) is 0 Å². The molecular weight excluding hydrogens is 414 g/mol. The van der Waals surface area contributed by atoms with Crippen molar-refractivity contribution in [3.8, 4) is 5.69 Å². The lowest BCUT2D eigenvalue weighted by Crippen LogP contribution is -2.25. The first-order chi connectivity index (χ1) is 11.6. The average molecular weight is 423 g/mol. The fraction of sp³-hybridized carbons (Fsp3) is 0.0667. The van der Waals surface area contributed by atoms with Gasteiger partial charge in [-0.05, 0) is 34.3 Å². The molecule has 0 fully saturated rings. The molecule has 6 nitrogen and oxygen atoms in total. The monoisotopic (exact) mass is 421 g/mol. The Labute approximate surface area is 153 Å². The number of halogens is 2. The molecule has 0 N–H and O–H groups in total. The highest BCUT2D eigenvalue weighted by molar-refractivity contribution is 9.10. The molecule has 4 aromatic rings. The smallest absolute Gasteiger partial charge is 0.267 e. The molecule has 3 heterocycles. The van der Waals surface area contributed by atoms with E-state index in [0.717, 1.165) is 0 Å². The number of aromatic nitrogens is 5. The second-order valence-electron chi connectivity index (χ2n) is 4.90. The van der Waals surface area contributed by atoms with Crippen molar-refractivity contribution in [3.63, 3.8) is 0 Å². The molecule has 0 bridgehead atoms. The molecule has 0 aliphatic rings. The third-order valence-corrected chi connectivity index (χ3v) is 5.08. The maximum Gasteiger partial charge on any atom is 0.281 e. The van der Waals surface area contributed by atoms with Crippen molar-refractivity contribution in [1.82, 2.24) is 24.1 Å². The summed E-state index contributed by atoms with van der Waals surface area (Å²) in [6.45, 7) is 0. The van der Waals surface area contributed by atoms with E-state index in [1.165, 1.54) is 22.6 Å². The van der Waals surface area contributed by atoms with E-state index in [-0.39, 0.29) is 5.56 Å². The Hall–Kier alpha value is -1.90. The van der Waals surface area contributed by atoms with Gasteiger partial charge in [0.25, 0.3) is 5.56 Å². The molecule has 120 valence electrons. The van der Waals surface area contributed by atoms with Crippen molar-refractivity contribution in [2.24, 2.45) is 0 Å². The molecule has 24 heavy (non-hydrogen) atoms. The number of rotatable bonds is 2. The number of hydrogen-bond acceptors (Lipinski definition) is 5. The van der Waals surface area contributed by atoms with Gasteiger partial charge in [-0.25, -0.2) is 24.1 Å². The van der Waals surface area contributed by atoms with Gasteiger partial charge in [-0.1, -0.05) is 29.4 Å². The standard InChI is InChI=1S/C15H9BrClN5OS/c1-24-15-19-7-8-11(20-15)13-18-5-6-21(13)22(14(8)23)12-9(16)3-2-4-10(12)17/h2-7H,1H3. The molecule has 0 amide bonds. The zero-order valence-electron chi connectivity index (χ0n) is 12.3. The van der Waals surface area contributed by atoms with Crippen LogP contribution in [0.4, 0.5) is 0 Å². The molecule has 3 aromatic heterocycles. The van der Waals surface area contributed by atoms with E-state index in [9.17, 15) is 4.79 Å². The quantitative estimate of drug-likeness (QED) is 0.365. The summed E-state index contributed by atoms with van der Waals surface area (Å²) < 4.78 is 3.82. The molecule has 0 radical (unpaired) electrons. The third-order valence-electron chi connectivity index (χ3n) is 3.57. The van der Waals surface area contributed by atoms with Crippen molar-refractivity contribution in [3.05, 3.63) is 56.6 Å². The highest BCUT2D eigenvalue weighted by Gasteiger charge is 2.18. The summed E-state index contributed by atoms with van der Waals surface area (Å²) in [7, 11) is 0. The Morgan fingerprint density at radius 2 is 2.12 bits per heavy atom. The normalized spacial score (nSPS) is 11.5. The molecule has 0 unspecified atom stereocenters. The zero-order valence-corrected chi connectivity index (χ0v) is 15.4. The SMILES string of the molecule is CSc1ncc2c(=O)n(-c3c(Cl)cccc3Br)n3ccnc3c2n1. The second kappa shape index (κ2) is 5.87. The maximum atomic E-state index is 13.1. The number of fused-ring (bicyclic) bond motifs is 3. The van der Waals surface area contributed by atoms with Crippen molar-refractivity contribution < 1.29 is 0 Å². The molecule has 0 saturated heterocycles. The van der Waals surface area contributed by atoms with E-state index < -0.39 is 0 Å². The number of nitrogens with zero attached hydrogens (tertiary/aromatic N) is 5. The summed E-state index contributed by atoms with van der Waals surface area (Å²) in [5.74, 6) is 0. The average Bonchev–Trinajstić information content (AvgIpc) is 3.06. The lowest BCUT2D eigenvalue weighted by Gasteiger charge is -2.14. The predicted molar refractivity (Wildman–Crippen MR) is 98.4 cm³/mol. The van der Waals surface area contributed by atoms with Crippen LogP contribution in [0.5, 0.6) is 0 Å². The number of thioether (sulfide) groups is 1. The van der Waals surface area contributed by atoms with Crippen molar-refractivity contribution in [1.29, 1.82) is 0 Å². The first kappa shape index (κ1) is 15.6. The topological polar surface area (TPSA) is 65.1 Å². The van der Waals surface area contributed by atoms with Crippen LogP contribution in [0.15, 0.2) is 51.2 Å². The Morgan fingerprint density at radius 1 is 1.29 bits per heavy atom. The van der Waals surface area contributed by atoms with E-state index in [4.69, 9.17) is 11.6 Å². The van der Waals surface area contributed by atoms with Gasteiger partial charge in [0.15, 0.2) is 10.8 Å².